The number of rotatable bonds is 6. The number of ether oxygens (including phenoxy) is 3. The second kappa shape index (κ2) is 14.7. The zero-order valence-electron chi connectivity index (χ0n) is 26.6. The van der Waals surface area contributed by atoms with Gasteiger partial charge in [-0.15, -0.1) is 0 Å². The maximum atomic E-state index is 11.8. The highest BCUT2D eigenvalue weighted by Gasteiger charge is 2.39. The molecule has 12 nitrogen and oxygen atoms in total. The van der Waals surface area contributed by atoms with Crippen molar-refractivity contribution in [2.75, 3.05) is 0 Å². The number of phenols is 4. The van der Waals surface area contributed by atoms with E-state index in [0.717, 1.165) is 42.5 Å². The second-order valence-corrected chi connectivity index (χ2v) is 11.7. The van der Waals surface area contributed by atoms with Crippen molar-refractivity contribution >= 4 is 17.9 Å². The highest BCUT2D eigenvalue weighted by molar-refractivity contribution is 5.98. The Labute approximate surface area is 281 Å². The molecule has 12 heteroatoms. The smallest absolute Gasteiger partial charge is 0.343 e. The molecule has 3 aliphatic rings. The minimum absolute atomic E-state index is 0.00125. The molecule has 0 fully saturated rings. The normalized spacial score (nSPS) is 19.4. The lowest BCUT2D eigenvalue weighted by atomic mass is 9.96. The summed E-state index contributed by atoms with van der Waals surface area (Å²) in [5, 5.41) is 57.6. The molecule has 0 spiro atoms. The molecule has 4 aromatic rings. The van der Waals surface area contributed by atoms with Gasteiger partial charge < -0.3 is 44.8 Å². The quantitative estimate of drug-likeness (QED) is 0.106. The maximum absolute atomic E-state index is 11.8. The van der Waals surface area contributed by atoms with E-state index in [9.17, 15) is 45.0 Å². The lowest BCUT2D eigenvalue weighted by Crippen LogP contribution is -2.14. The fourth-order valence-electron chi connectivity index (χ4n) is 5.88. The second-order valence-electron chi connectivity index (χ2n) is 11.7. The fraction of sp³-hybridized carbons (Fsp3) is 0.270. The number of fused-ring (bicyclic) bond motifs is 3. The zero-order valence-corrected chi connectivity index (χ0v) is 26.6. The summed E-state index contributed by atoms with van der Waals surface area (Å²) in [4.78, 5) is 34.5. The van der Waals surface area contributed by atoms with E-state index in [1.165, 1.54) is 19.1 Å². The molecule has 256 valence electrons. The summed E-state index contributed by atoms with van der Waals surface area (Å²) in [5.74, 6) is -2.61. The number of hydrogen-bond acceptors (Lipinski definition) is 12. The van der Waals surface area contributed by atoms with Gasteiger partial charge in [-0.2, -0.15) is 0 Å². The molecule has 0 aromatic heterocycles. The molecule has 0 amide bonds. The summed E-state index contributed by atoms with van der Waals surface area (Å²) in [6.45, 7) is 3.61. The van der Waals surface area contributed by atoms with Crippen molar-refractivity contribution in [3.8, 4) is 23.0 Å². The van der Waals surface area contributed by atoms with Gasteiger partial charge in [0.25, 0.3) is 0 Å². The lowest BCUT2D eigenvalue weighted by Gasteiger charge is -2.18. The number of esters is 3. The van der Waals surface area contributed by atoms with Crippen LogP contribution in [0.15, 0.2) is 78.9 Å². The summed E-state index contributed by atoms with van der Waals surface area (Å²) in [6.07, 6.45) is -0.553. The third kappa shape index (κ3) is 7.30. The Morgan fingerprint density at radius 1 is 0.653 bits per heavy atom. The van der Waals surface area contributed by atoms with Crippen molar-refractivity contribution in [3.05, 3.63) is 118 Å². The fourth-order valence-corrected chi connectivity index (χ4v) is 5.88. The molecule has 3 heterocycles. The monoisotopic (exact) mass is 672 g/mol. The van der Waals surface area contributed by atoms with Gasteiger partial charge in [-0.05, 0) is 43.5 Å². The van der Waals surface area contributed by atoms with Crippen LogP contribution in [0.3, 0.4) is 0 Å². The third-order valence-electron chi connectivity index (χ3n) is 8.22. The molecule has 3 aliphatic heterocycles. The number of benzene rings is 4. The number of carbonyl (C=O) groups excluding carboxylic acids is 3. The van der Waals surface area contributed by atoms with E-state index in [4.69, 9.17) is 14.2 Å². The van der Waals surface area contributed by atoms with Crippen LogP contribution in [-0.4, -0.2) is 54.7 Å². The minimum Gasteiger partial charge on any atom is -0.508 e. The van der Waals surface area contributed by atoms with E-state index in [0.29, 0.717) is 11.1 Å². The Kier molecular flexibility index (Phi) is 10.4. The topological polar surface area (TPSA) is 200 Å². The van der Waals surface area contributed by atoms with Crippen molar-refractivity contribution in [1.82, 2.24) is 0 Å². The van der Waals surface area contributed by atoms with Crippen molar-refractivity contribution in [3.63, 3.8) is 0 Å². The van der Waals surface area contributed by atoms with E-state index in [-0.39, 0.29) is 51.8 Å². The van der Waals surface area contributed by atoms with Crippen LogP contribution >= 0.6 is 0 Å². The van der Waals surface area contributed by atoms with Crippen LogP contribution in [0.4, 0.5) is 0 Å². The van der Waals surface area contributed by atoms with E-state index in [1.807, 2.05) is 30.3 Å². The number of carbonyl (C=O) groups is 3. The standard InChI is InChI=1S/C15H12O5.C12H14O2.C10H10O5/c16-9-6-10-12(11(17)7-9)15(19)20-14(10)13(18)8-4-2-1-3-5-8;1-2-3-8-11-9-6-4-5-7-10(9)12(13)14-11;1-4(11)9-6-2-5(12)3-7(13)8(6)10(14)15-9/h1-7,13-14,16-18H;4-7,11H,2-3,8H2,1H3;2-4,9,11-13H,1H3/t13-,14-;11-;4-,9+/m000/s1. The first-order chi connectivity index (χ1) is 23.4. The molecule has 0 radical (unpaired) electrons. The number of aliphatic hydroxyl groups is 2. The van der Waals surface area contributed by atoms with Gasteiger partial charge in [-0.1, -0.05) is 61.9 Å². The van der Waals surface area contributed by atoms with E-state index >= 15 is 0 Å². The molecule has 5 atom stereocenters. The first kappa shape index (κ1) is 34.7. The molecular formula is C37H36O12. The Morgan fingerprint density at radius 2 is 1.18 bits per heavy atom. The minimum atomic E-state index is -1.07. The van der Waals surface area contributed by atoms with Crippen LogP contribution in [0.2, 0.25) is 0 Å². The largest absolute Gasteiger partial charge is 0.508 e. The van der Waals surface area contributed by atoms with Crippen LogP contribution < -0.4 is 0 Å². The van der Waals surface area contributed by atoms with E-state index < -0.39 is 36.4 Å². The zero-order chi connectivity index (χ0) is 35.4. The first-order valence-electron chi connectivity index (χ1n) is 15.7. The van der Waals surface area contributed by atoms with Crippen molar-refractivity contribution in [2.45, 2.75) is 63.6 Å². The number of unbranched alkanes of at least 4 members (excludes halogenated alkanes) is 1. The van der Waals surface area contributed by atoms with Gasteiger partial charge in [-0.25, -0.2) is 14.4 Å². The summed E-state index contributed by atoms with van der Waals surface area (Å²) >= 11 is 0. The Hall–Kier alpha value is -5.59. The molecule has 4 aromatic carbocycles. The molecule has 0 aliphatic carbocycles. The number of aliphatic hydroxyl groups excluding tert-OH is 2. The lowest BCUT2D eigenvalue weighted by molar-refractivity contribution is -0.0103. The van der Waals surface area contributed by atoms with Crippen LogP contribution in [0.5, 0.6) is 23.0 Å². The predicted molar refractivity (Wildman–Crippen MR) is 173 cm³/mol. The van der Waals surface area contributed by atoms with Crippen LogP contribution in [0.1, 0.15) is 111 Å². The molecule has 0 saturated carbocycles. The Balaban J connectivity index is 0.000000146. The van der Waals surface area contributed by atoms with Gasteiger partial charge in [0.05, 0.1) is 11.7 Å². The number of phenolic OH excluding ortho intramolecular Hbond substituents is 4. The van der Waals surface area contributed by atoms with E-state index in [2.05, 4.69) is 6.92 Å². The summed E-state index contributed by atoms with van der Waals surface area (Å²) in [6, 6.07) is 21.1. The molecule has 0 saturated heterocycles. The molecule has 0 bridgehead atoms. The van der Waals surface area contributed by atoms with Gasteiger partial charge in [0.1, 0.15) is 46.3 Å². The predicted octanol–water partition coefficient (Wildman–Crippen LogP) is 5.82. The van der Waals surface area contributed by atoms with Gasteiger partial charge >= 0.3 is 17.9 Å². The molecule has 0 unspecified atom stereocenters. The van der Waals surface area contributed by atoms with Crippen LogP contribution in [0, 0.1) is 0 Å². The number of cyclic esters (lactones) is 3. The van der Waals surface area contributed by atoms with Gasteiger partial charge in [-0.3, -0.25) is 0 Å². The van der Waals surface area contributed by atoms with Gasteiger partial charge in [0, 0.05) is 28.8 Å². The molecule has 7 rings (SSSR count). The van der Waals surface area contributed by atoms with Crippen molar-refractivity contribution in [2.24, 2.45) is 0 Å². The third-order valence-corrected chi connectivity index (χ3v) is 8.22. The number of aromatic hydroxyl groups is 4. The SMILES string of the molecule is CCCC[C@@H]1OC(=O)c2ccccc21.C[C@H](O)[C@H]1OC(=O)c2c(O)cc(O)cc21.O=C1O[C@H]([C@@H](O)c2ccccc2)c2cc(O)cc(O)c21. The Morgan fingerprint density at radius 3 is 1.76 bits per heavy atom. The summed E-state index contributed by atoms with van der Waals surface area (Å²) in [7, 11) is 0. The van der Waals surface area contributed by atoms with Crippen molar-refractivity contribution in [1.29, 1.82) is 0 Å². The van der Waals surface area contributed by atoms with E-state index in [1.54, 1.807) is 24.3 Å². The molecular weight excluding hydrogens is 636 g/mol. The average Bonchev–Trinajstić information content (AvgIpc) is 3.71. The Bertz CT molecular complexity index is 1850. The summed E-state index contributed by atoms with van der Waals surface area (Å²) in [5.41, 5.74) is 2.98. The highest BCUT2D eigenvalue weighted by Crippen LogP contribution is 2.44. The molecule has 49 heavy (non-hydrogen) atoms. The van der Waals surface area contributed by atoms with Crippen molar-refractivity contribution < 1.29 is 59.2 Å². The first-order valence-corrected chi connectivity index (χ1v) is 15.7. The van der Waals surface area contributed by atoms with Crippen LogP contribution in [-0.2, 0) is 14.2 Å². The van der Waals surface area contributed by atoms with Crippen LogP contribution in [0.25, 0.3) is 0 Å². The van der Waals surface area contributed by atoms with Gasteiger partial charge in [0.15, 0.2) is 12.2 Å². The average molecular weight is 673 g/mol. The molecule has 6 N–H and O–H groups in total. The summed E-state index contributed by atoms with van der Waals surface area (Å²) < 4.78 is 15.3. The maximum Gasteiger partial charge on any atom is 0.343 e. The number of hydrogen-bond donors (Lipinski definition) is 6. The van der Waals surface area contributed by atoms with Gasteiger partial charge in [0.2, 0.25) is 0 Å². The highest BCUT2D eigenvalue weighted by atomic mass is 16.6.